The van der Waals surface area contributed by atoms with Gasteiger partial charge in [-0.15, -0.1) is 0 Å². The average molecular weight is 304 g/mol. The quantitative estimate of drug-likeness (QED) is 0.875. The van der Waals surface area contributed by atoms with Crippen LogP contribution in [0.15, 0.2) is 30.3 Å². The highest BCUT2D eigenvalue weighted by atomic mass is 16.4. The summed E-state index contributed by atoms with van der Waals surface area (Å²) in [5.74, 6) is -0.762. The monoisotopic (exact) mass is 304 g/mol. The van der Waals surface area contributed by atoms with Crippen LogP contribution in [0.3, 0.4) is 0 Å². The van der Waals surface area contributed by atoms with Gasteiger partial charge in [0.2, 0.25) is 5.91 Å². The second-order valence-corrected chi connectivity index (χ2v) is 5.75. The van der Waals surface area contributed by atoms with Gasteiger partial charge in [0, 0.05) is 45.1 Å². The van der Waals surface area contributed by atoms with Crippen molar-refractivity contribution in [3.63, 3.8) is 0 Å². The maximum atomic E-state index is 12.0. The average Bonchev–Trinajstić information content (AvgIpc) is 2.54. The minimum absolute atomic E-state index is 0.0662. The zero-order chi connectivity index (χ0) is 15.9. The molecule has 1 aliphatic rings. The van der Waals surface area contributed by atoms with Crippen molar-refractivity contribution in [2.75, 3.05) is 26.2 Å². The summed E-state index contributed by atoms with van der Waals surface area (Å²) in [5.41, 5.74) is 1.30. The van der Waals surface area contributed by atoms with Crippen LogP contribution in [0, 0.1) is 0 Å². The Hall–Kier alpha value is -1.88. The summed E-state index contributed by atoms with van der Waals surface area (Å²) in [4.78, 5) is 26.8. The van der Waals surface area contributed by atoms with Gasteiger partial charge in [0.1, 0.15) is 0 Å². The van der Waals surface area contributed by atoms with E-state index in [2.05, 4.69) is 24.0 Å². The first-order valence-corrected chi connectivity index (χ1v) is 7.86. The Morgan fingerprint density at radius 3 is 2.32 bits per heavy atom. The molecule has 120 valence electrons. The Balaban J connectivity index is 1.78. The number of rotatable bonds is 6. The zero-order valence-electron chi connectivity index (χ0n) is 13.1. The van der Waals surface area contributed by atoms with E-state index in [1.807, 2.05) is 23.1 Å². The Labute approximate surface area is 131 Å². The predicted molar refractivity (Wildman–Crippen MR) is 84.5 cm³/mol. The fourth-order valence-corrected chi connectivity index (χ4v) is 2.85. The van der Waals surface area contributed by atoms with E-state index in [4.69, 9.17) is 5.11 Å². The summed E-state index contributed by atoms with van der Waals surface area (Å²) in [6, 6.07) is 10.7. The number of hydrogen-bond acceptors (Lipinski definition) is 3. The number of aliphatic carboxylic acids is 1. The third-order valence-electron chi connectivity index (χ3n) is 4.28. The van der Waals surface area contributed by atoms with Crippen molar-refractivity contribution in [1.29, 1.82) is 0 Å². The van der Waals surface area contributed by atoms with Crippen LogP contribution in [-0.4, -0.2) is 53.0 Å². The SMILES string of the molecule is CC(c1ccccc1)N1CCN(C(=O)CCCC(=O)O)CC1. The minimum Gasteiger partial charge on any atom is -0.481 e. The standard InChI is InChI=1S/C17H24N2O3/c1-14(15-6-3-2-4-7-15)18-10-12-19(13-11-18)16(20)8-5-9-17(21)22/h2-4,6-7,14H,5,8-13H2,1H3,(H,21,22). The van der Waals surface area contributed by atoms with E-state index in [0.717, 1.165) is 26.2 Å². The molecule has 1 fully saturated rings. The van der Waals surface area contributed by atoms with Crippen LogP contribution in [0.25, 0.3) is 0 Å². The van der Waals surface area contributed by atoms with Gasteiger partial charge in [-0.2, -0.15) is 0 Å². The number of nitrogens with zero attached hydrogens (tertiary/aromatic N) is 2. The Morgan fingerprint density at radius 2 is 1.73 bits per heavy atom. The van der Waals surface area contributed by atoms with Crippen LogP contribution in [0.2, 0.25) is 0 Å². The number of piperazine rings is 1. The summed E-state index contributed by atoms with van der Waals surface area (Å²) in [6.45, 7) is 5.37. The van der Waals surface area contributed by atoms with E-state index in [1.54, 1.807) is 0 Å². The molecule has 0 radical (unpaired) electrons. The number of hydrogen-bond donors (Lipinski definition) is 1. The highest BCUT2D eigenvalue weighted by Crippen LogP contribution is 2.21. The summed E-state index contributed by atoms with van der Waals surface area (Å²) >= 11 is 0. The van der Waals surface area contributed by atoms with Crippen LogP contribution in [0.1, 0.15) is 37.8 Å². The summed E-state index contributed by atoms with van der Waals surface area (Å²) in [5, 5.41) is 8.61. The molecule has 1 saturated heterocycles. The first kappa shape index (κ1) is 16.5. The lowest BCUT2D eigenvalue weighted by Gasteiger charge is -2.38. The molecule has 2 rings (SSSR count). The molecular formula is C17H24N2O3. The van der Waals surface area contributed by atoms with E-state index in [0.29, 0.717) is 18.9 Å². The summed E-state index contributed by atoms with van der Waals surface area (Å²) < 4.78 is 0. The first-order chi connectivity index (χ1) is 10.6. The van der Waals surface area contributed by atoms with Crippen molar-refractivity contribution in [2.45, 2.75) is 32.2 Å². The van der Waals surface area contributed by atoms with Crippen molar-refractivity contribution in [3.8, 4) is 0 Å². The molecule has 1 heterocycles. The summed E-state index contributed by atoms with van der Waals surface area (Å²) in [6.07, 6.45) is 0.825. The maximum absolute atomic E-state index is 12.0. The molecule has 0 bridgehead atoms. The molecule has 22 heavy (non-hydrogen) atoms. The van der Waals surface area contributed by atoms with Crippen molar-refractivity contribution in [1.82, 2.24) is 9.80 Å². The van der Waals surface area contributed by atoms with Crippen LogP contribution >= 0.6 is 0 Å². The molecule has 0 aliphatic carbocycles. The third kappa shape index (κ3) is 4.56. The van der Waals surface area contributed by atoms with E-state index in [9.17, 15) is 9.59 Å². The molecule has 0 spiro atoms. The molecule has 0 aromatic heterocycles. The van der Waals surface area contributed by atoms with E-state index < -0.39 is 5.97 Å². The molecule has 1 amide bonds. The smallest absolute Gasteiger partial charge is 0.303 e. The van der Waals surface area contributed by atoms with Gasteiger partial charge in [-0.05, 0) is 18.9 Å². The molecule has 5 heteroatoms. The predicted octanol–water partition coefficient (Wildman–Crippen LogP) is 2.15. The molecule has 1 aromatic carbocycles. The van der Waals surface area contributed by atoms with Gasteiger partial charge >= 0.3 is 5.97 Å². The Kier molecular flexibility index (Phi) is 5.95. The van der Waals surface area contributed by atoms with Gasteiger partial charge in [0.15, 0.2) is 0 Å². The van der Waals surface area contributed by atoms with Crippen molar-refractivity contribution in [2.24, 2.45) is 0 Å². The lowest BCUT2D eigenvalue weighted by molar-refractivity contribution is -0.137. The molecule has 1 N–H and O–H groups in total. The first-order valence-electron chi connectivity index (χ1n) is 7.86. The van der Waals surface area contributed by atoms with Crippen LogP contribution in [0.4, 0.5) is 0 Å². The molecule has 0 saturated carbocycles. The van der Waals surface area contributed by atoms with Crippen molar-refractivity contribution < 1.29 is 14.7 Å². The molecular weight excluding hydrogens is 280 g/mol. The minimum atomic E-state index is -0.839. The molecule has 1 unspecified atom stereocenters. The summed E-state index contributed by atoms with van der Waals surface area (Å²) in [7, 11) is 0. The van der Waals surface area contributed by atoms with E-state index in [1.165, 1.54) is 5.56 Å². The topological polar surface area (TPSA) is 60.9 Å². The van der Waals surface area contributed by atoms with Gasteiger partial charge in [-0.3, -0.25) is 14.5 Å². The number of carbonyl (C=O) groups excluding carboxylic acids is 1. The third-order valence-corrected chi connectivity index (χ3v) is 4.28. The van der Waals surface area contributed by atoms with Gasteiger partial charge in [0.25, 0.3) is 0 Å². The lowest BCUT2D eigenvalue weighted by Crippen LogP contribution is -2.49. The van der Waals surface area contributed by atoms with Crippen molar-refractivity contribution >= 4 is 11.9 Å². The largest absolute Gasteiger partial charge is 0.481 e. The van der Waals surface area contributed by atoms with Gasteiger partial charge in [-0.1, -0.05) is 30.3 Å². The number of amides is 1. The highest BCUT2D eigenvalue weighted by molar-refractivity contribution is 5.77. The normalized spacial score (nSPS) is 17.2. The van der Waals surface area contributed by atoms with Crippen LogP contribution in [0.5, 0.6) is 0 Å². The Bertz CT molecular complexity index is 496. The fraction of sp³-hybridized carbons (Fsp3) is 0.529. The Morgan fingerprint density at radius 1 is 1.09 bits per heavy atom. The van der Waals surface area contributed by atoms with Crippen molar-refractivity contribution in [3.05, 3.63) is 35.9 Å². The maximum Gasteiger partial charge on any atom is 0.303 e. The zero-order valence-corrected chi connectivity index (χ0v) is 13.1. The second kappa shape index (κ2) is 7.94. The highest BCUT2D eigenvalue weighted by Gasteiger charge is 2.24. The second-order valence-electron chi connectivity index (χ2n) is 5.75. The molecule has 1 atom stereocenters. The number of carboxylic acid groups (broad SMARTS) is 1. The fourth-order valence-electron chi connectivity index (χ4n) is 2.85. The van der Waals surface area contributed by atoms with Gasteiger partial charge in [0.05, 0.1) is 0 Å². The lowest BCUT2D eigenvalue weighted by atomic mass is 10.1. The van der Waals surface area contributed by atoms with Gasteiger partial charge in [-0.25, -0.2) is 0 Å². The number of benzene rings is 1. The van der Waals surface area contributed by atoms with E-state index >= 15 is 0 Å². The van der Waals surface area contributed by atoms with E-state index in [-0.39, 0.29) is 12.3 Å². The van der Waals surface area contributed by atoms with Gasteiger partial charge < -0.3 is 10.0 Å². The number of carboxylic acids is 1. The van der Waals surface area contributed by atoms with Crippen LogP contribution in [-0.2, 0) is 9.59 Å². The number of carbonyl (C=O) groups is 2. The molecule has 1 aromatic rings. The molecule has 1 aliphatic heterocycles. The van der Waals surface area contributed by atoms with Crippen LogP contribution < -0.4 is 0 Å². The molecule has 5 nitrogen and oxygen atoms in total.